The van der Waals surface area contributed by atoms with Crippen LogP contribution >= 0.6 is 23.2 Å². The van der Waals surface area contributed by atoms with Gasteiger partial charge in [-0.3, -0.25) is 4.79 Å². The average Bonchev–Trinajstić information content (AvgIpc) is 2.71. The number of nitrogens with zero attached hydrogens (tertiary/aromatic N) is 1. The van der Waals surface area contributed by atoms with Crippen LogP contribution in [0.15, 0.2) is 64.0 Å². The quantitative estimate of drug-likeness (QED) is 0.330. The molecule has 2 aromatic carbocycles. The highest BCUT2D eigenvalue weighted by atomic mass is 35.5. The predicted octanol–water partition coefficient (Wildman–Crippen LogP) is 6.06. The van der Waals surface area contributed by atoms with Crippen LogP contribution in [-0.4, -0.2) is 26.8 Å². The lowest BCUT2D eigenvalue weighted by Crippen LogP contribution is -2.27. The molecule has 0 atom stereocenters. The second-order valence-corrected chi connectivity index (χ2v) is 7.42. The summed E-state index contributed by atoms with van der Waals surface area (Å²) in [6.07, 6.45) is 0.712. The van der Waals surface area contributed by atoms with E-state index in [9.17, 15) is 20.1 Å². The highest BCUT2D eigenvalue weighted by Crippen LogP contribution is 2.34. The summed E-state index contributed by atoms with van der Waals surface area (Å²) in [5.41, 5.74) is 2.20. The first kappa shape index (κ1) is 21.7. The molecule has 0 spiro atoms. The molecule has 0 heterocycles. The van der Waals surface area contributed by atoms with Gasteiger partial charge in [0.15, 0.2) is 0 Å². The number of aliphatic hydroxyl groups excluding tert-OH is 1. The summed E-state index contributed by atoms with van der Waals surface area (Å²) in [6.45, 7) is 3.61. The summed E-state index contributed by atoms with van der Waals surface area (Å²) >= 11 is 12.0. The topological polar surface area (TPSA) is 102 Å². The number of aromatic hydroxyl groups is 2. The van der Waals surface area contributed by atoms with Crippen molar-refractivity contribution in [3.63, 3.8) is 0 Å². The summed E-state index contributed by atoms with van der Waals surface area (Å²) in [6, 6.07) is 8.96. The fraction of sp³-hybridized carbons (Fsp3) is 0.182. The zero-order valence-electron chi connectivity index (χ0n) is 16.3. The molecule has 0 saturated carbocycles. The lowest BCUT2D eigenvalue weighted by Gasteiger charge is -2.24. The van der Waals surface area contributed by atoms with Gasteiger partial charge < -0.3 is 20.6 Å². The molecule has 0 saturated heterocycles. The van der Waals surface area contributed by atoms with E-state index in [-0.39, 0.29) is 50.1 Å². The highest BCUT2D eigenvalue weighted by molar-refractivity contribution is 6.33. The van der Waals surface area contributed by atoms with Gasteiger partial charge in [-0.15, -0.1) is 0 Å². The van der Waals surface area contributed by atoms with Gasteiger partial charge >= 0.3 is 0 Å². The number of halogens is 2. The van der Waals surface area contributed by atoms with Gasteiger partial charge in [-0.05, 0) is 49.2 Å². The van der Waals surface area contributed by atoms with Gasteiger partial charge in [-0.2, -0.15) is 0 Å². The molecular formula is C22H20Cl2N2O4. The first-order valence-corrected chi connectivity index (χ1v) is 10.1. The Balaban J connectivity index is 2.15. The minimum atomic E-state index is -0.335. The third kappa shape index (κ3) is 4.15. The monoisotopic (exact) mass is 446 g/mol. The number of Topliss-reactive ketones (excluding diaryl/α,β-unsaturated/α-hetero) is 1. The molecule has 0 bridgehead atoms. The molecule has 3 rings (SSSR count). The van der Waals surface area contributed by atoms with Crippen LogP contribution in [0, 0.1) is 0 Å². The summed E-state index contributed by atoms with van der Waals surface area (Å²) in [7, 11) is 0. The number of carbonyl (C=O) groups excluding carboxylic acids is 1. The maximum atomic E-state index is 13.1. The van der Waals surface area contributed by atoms with Crippen molar-refractivity contribution in [2.75, 3.05) is 5.32 Å². The standard InChI is InChI=1S/C22H20Cl2N2O4/c1-3-13-19(25-11-5-7-17(27)15(23)9-11)21(29)14(4-2)22(30)20(13)26-12-6-8-18(28)16(24)10-12/h5-10,25,27-28,30H,3-4H2,1-2H3/b26-20+. The Hall–Kier alpha value is -2.96. The second-order valence-electron chi connectivity index (χ2n) is 6.60. The van der Waals surface area contributed by atoms with Gasteiger partial charge in [0.05, 0.1) is 21.4 Å². The third-order valence-corrected chi connectivity index (χ3v) is 5.30. The lowest BCUT2D eigenvalue weighted by molar-refractivity contribution is -0.112. The number of nitrogens with one attached hydrogen (secondary N) is 1. The van der Waals surface area contributed by atoms with E-state index >= 15 is 0 Å². The largest absolute Gasteiger partial charge is 0.506 e. The van der Waals surface area contributed by atoms with Gasteiger partial charge in [0.25, 0.3) is 0 Å². The summed E-state index contributed by atoms with van der Waals surface area (Å²) in [5.74, 6) is -0.664. The molecule has 2 aromatic rings. The van der Waals surface area contributed by atoms with E-state index in [1.54, 1.807) is 19.1 Å². The Kier molecular flexibility index (Phi) is 6.39. The number of aliphatic imine (C=N–C) groups is 1. The number of anilines is 1. The van der Waals surface area contributed by atoms with Gasteiger partial charge in [-0.1, -0.05) is 37.0 Å². The minimum Gasteiger partial charge on any atom is -0.506 e. The van der Waals surface area contributed by atoms with Crippen molar-refractivity contribution in [1.29, 1.82) is 0 Å². The van der Waals surface area contributed by atoms with Crippen LogP contribution in [0.3, 0.4) is 0 Å². The zero-order valence-corrected chi connectivity index (χ0v) is 17.8. The first-order valence-electron chi connectivity index (χ1n) is 9.30. The number of carbonyl (C=O) groups is 1. The van der Waals surface area contributed by atoms with Crippen molar-refractivity contribution in [3.8, 4) is 11.5 Å². The van der Waals surface area contributed by atoms with Crippen molar-refractivity contribution < 1.29 is 20.1 Å². The second kappa shape index (κ2) is 8.81. The average molecular weight is 447 g/mol. The molecule has 156 valence electrons. The molecule has 6 nitrogen and oxygen atoms in total. The summed E-state index contributed by atoms with van der Waals surface area (Å²) in [4.78, 5) is 17.6. The highest BCUT2D eigenvalue weighted by Gasteiger charge is 2.32. The summed E-state index contributed by atoms with van der Waals surface area (Å²) in [5, 5.41) is 33.4. The van der Waals surface area contributed by atoms with Crippen molar-refractivity contribution >= 4 is 46.1 Å². The van der Waals surface area contributed by atoms with E-state index in [4.69, 9.17) is 23.2 Å². The SMILES string of the molecule is CCC1=C(O)/C(=N/c2ccc(O)c(Cl)c2)C(CC)=C(Nc2ccc(O)c(Cl)c2)C1=O. The van der Waals surface area contributed by atoms with Crippen LogP contribution in [0.4, 0.5) is 11.4 Å². The Bertz CT molecular complexity index is 1120. The Morgan fingerprint density at radius 3 is 2.07 bits per heavy atom. The van der Waals surface area contributed by atoms with Gasteiger partial charge in [0.1, 0.15) is 23.0 Å². The molecule has 0 radical (unpaired) electrons. The molecule has 8 heteroatoms. The molecule has 1 aliphatic rings. The molecule has 0 amide bonds. The van der Waals surface area contributed by atoms with Gasteiger partial charge in [-0.25, -0.2) is 4.99 Å². The Morgan fingerprint density at radius 2 is 1.50 bits per heavy atom. The van der Waals surface area contributed by atoms with E-state index in [0.29, 0.717) is 29.8 Å². The Morgan fingerprint density at radius 1 is 0.900 bits per heavy atom. The molecule has 30 heavy (non-hydrogen) atoms. The van der Waals surface area contributed by atoms with E-state index in [1.165, 1.54) is 24.3 Å². The number of hydrogen-bond acceptors (Lipinski definition) is 6. The smallest absolute Gasteiger partial charge is 0.209 e. The molecule has 0 fully saturated rings. The number of benzene rings is 2. The molecule has 1 aliphatic carbocycles. The summed E-state index contributed by atoms with van der Waals surface area (Å²) < 4.78 is 0. The fourth-order valence-corrected chi connectivity index (χ4v) is 3.50. The number of aliphatic hydroxyl groups is 1. The minimum absolute atomic E-state index is 0.0693. The number of hydrogen-bond donors (Lipinski definition) is 4. The van der Waals surface area contributed by atoms with E-state index in [2.05, 4.69) is 10.3 Å². The van der Waals surface area contributed by atoms with Crippen LogP contribution in [0.1, 0.15) is 26.7 Å². The number of phenolic OH excluding ortho intramolecular Hbond substituents is 2. The van der Waals surface area contributed by atoms with E-state index in [0.717, 1.165) is 0 Å². The van der Waals surface area contributed by atoms with Crippen LogP contribution in [-0.2, 0) is 4.79 Å². The van der Waals surface area contributed by atoms with Gasteiger partial charge in [0.2, 0.25) is 5.78 Å². The lowest BCUT2D eigenvalue weighted by atomic mass is 9.88. The van der Waals surface area contributed by atoms with Crippen molar-refractivity contribution in [3.05, 3.63) is 69.0 Å². The number of phenols is 2. The third-order valence-electron chi connectivity index (χ3n) is 4.70. The first-order chi connectivity index (χ1) is 14.3. The van der Waals surface area contributed by atoms with E-state index in [1.807, 2.05) is 6.92 Å². The van der Waals surface area contributed by atoms with E-state index < -0.39 is 0 Å². The molecule has 0 aromatic heterocycles. The maximum Gasteiger partial charge on any atom is 0.209 e. The Labute approximate surface area is 183 Å². The molecule has 4 N–H and O–H groups in total. The molecular weight excluding hydrogens is 427 g/mol. The number of rotatable bonds is 5. The molecule has 0 unspecified atom stereocenters. The van der Waals surface area contributed by atoms with Crippen LogP contribution < -0.4 is 5.32 Å². The van der Waals surface area contributed by atoms with Crippen LogP contribution in [0.25, 0.3) is 0 Å². The van der Waals surface area contributed by atoms with Crippen molar-refractivity contribution in [1.82, 2.24) is 0 Å². The zero-order chi connectivity index (χ0) is 22.0. The van der Waals surface area contributed by atoms with Crippen molar-refractivity contribution in [2.24, 2.45) is 4.99 Å². The predicted molar refractivity (Wildman–Crippen MR) is 119 cm³/mol. The normalized spacial score (nSPS) is 15.9. The fourth-order valence-electron chi connectivity index (χ4n) is 3.15. The maximum absolute atomic E-state index is 13.1. The molecule has 0 aliphatic heterocycles. The number of allylic oxidation sites excluding steroid dienone is 2. The van der Waals surface area contributed by atoms with Crippen LogP contribution in [0.2, 0.25) is 10.0 Å². The van der Waals surface area contributed by atoms with Crippen molar-refractivity contribution in [2.45, 2.75) is 26.7 Å². The number of ketones is 1. The van der Waals surface area contributed by atoms with Crippen LogP contribution in [0.5, 0.6) is 11.5 Å². The van der Waals surface area contributed by atoms with Gasteiger partial charge in [0, 0.05) is 16.8 Å².